The van der Waals surface area contributed by atoms with Crippen LogP contribution < -0.4 is 4.74 Å². The lowest BCUT2D eigenvalue weighted by Crippen LogP contribution is -2.30. The molecule has 1 unspecified atom stereocenters. The molecule has 1 N–H and O–H groups in total. The third kappa shape index (κ3) is 3.41. The summed E-state index contributed by atoms with van der Waals surface area (Å²) in [6.45, 7) is 4.24. The molecule has 0 radical (unpaired) electrons. The van der Waals surface area contributed by atoms with Gasteiger partial charge < -0.3 is 14.7 Å². The van der Waals surface area contributed by atoms with Crippen LogP contribution in [-0.4, -0.2) is 35.4 Å². The number of carbonyl (C=O) groups is 2. The number of thiophene rings is 1. The summed E-state index contributed by atoms with van der Waals surface area (Å²) in [5, 5.41) is 13.5. The number of halogens is 2. The Labute approximate surface area is 177 Å². The van der Waals surface area contributed by atoms with Crippen LogP contribution in [0.5, 0.6) is 5.75 Å². The van der Waals surface area contributed by atoms with Crippen molar-refractivity contribution in [2.24, 2.45) is 0 Å². The Morgan fingerprint density at radius 1 is 1.32 bits per heavy atom. The molecule has 0 spiro atoms. The van der Waals surface area contributed by atoms with Crippen molar-refractivity contribution in [1.29, 1.82) is 0 Å². The topological polar surface area (TPSA) is 66.8 Å². The van der Waals surface area contributed by atoms with Gasteiger partial charge in [-0.1, -0.05) is 30.1 Å². The quantitative estimate of drug-likeness (QED) is 0.394. The number of rotatable bonds is 5. The lowest BCUT2D eigenvalue weighted by molar-refractivity contribution is -0.139. The van der Waals surface area contributed by atoms with Gasteiger partial charge in [-0.25, -0.2) is 0 Å². The smallest absolute Gasteiger partial charge is 0.295 e. The zero-order valence-corrected chi connectivity index (χ0v) is 17.9. The van der Waals surface area contributed by atoms with Gasteiger partial charge in [0.25, 0.3) is 11.7 Å². The Morgan fingerprint density at radius 3 is 2.61 bits per heavy atom. The number of likely N-dealkylation sites (tertiary alicyclic amines) is 1. The molecule has 8 heteroatoms. The number of aryl methyl sites for hydroxylation is 1. The summed E-state index contributed by atoms with van der Waals surface area (Å²) in [5.74, 6) is -1.53. The molecule has 1 aliphatic heterocycles. The Balaban J connectivity index is 2.29. The van der Waals surface area contributed by atoms with E-state index < -0.39 is 17.7 Å². The molecule has 1 aromatic heterocycles. The minimum atomic E-state index is -0.734. The number of carbonyl (C=O) groups excluding carboxylic acids is 2. The third-order valence-corrected chi connectivity index (χ3v) is 6.19. The van der Waals surface area contributed by atoms with Gasteiger partial charge in [-0.05, 0) is 42.5 Å². The summed E-state index contributed by atoms with van der Waals surface area (Å²) in [6, 6.07) is 4.20. The van der Waals surface area contributed by atoms with Crippen LogP contribution in [0.3, 0.4) is 0 Å². The molecule has 1 fully saturated rings. The first-order chi connectivity index (χ1) is 13.3. The van der Waals surface area contributed by atoms with E-state index in [0.717, 1.165) is 10.4 Å². The van der Waals surface area contributed by atoms with E-state index in [1.807, 2.05) is 25.3 Å². The molecular weight excluding hydrogens is 421 g/mol. The van der Waals surface area contributed by atoms with Gasteiger partial charge in [0, 0.05) is 16.4 Å². The number of hydrogen-bond donors (Lipinski definition) is 1. The van der Waals surface area contributed by atoms with Crippen molar-refractivity contribution >= 4 is 52.0 Å². The summed E-state index contributed by atoms with van der Waals surface area (Å²) >= 11 is 13.7. The standard InChI is InChI=1S/C20H19Cl2NO4S/c1-4-6-23-15(19-10(2)5-7-28-19)14(17(25)20(23)26)16(24)12-8-11(21)9-13(22)18(12)27-3/h5,7-9,15,24H,4,6H2,1-3H3/b16-14+. The van der Waals surface area contributed by atoms with Gasteiger partial charge in [-0.15, -0.1) is 11.3 Å². The second-order valence-corrected chi connectivity index (χ2v) is 8.22. The molecule has 3 rings (SSSR count). The predicted octanol–water partition coefficient (Wildman–Crippen LogP) is 5.20. The molecule has 0 saturated carbocycles. The van der Waals surface area contributed by atoms with Gasteiger partial charge >= 0.3 is 0 Å². The fraction of sp³-hybridized carbons (Fsp3) is 0.300. The Kier molecular flexibility index (Phi) is 6.03. The Morgan fingerprint density at radius 2 is 2.04 bits per heavy atom. The van der Waals surface area contributed by atoms with Crippen LogP contribution in [0.2, 0.25) is 10.0 Å². The molecule has 1 aromatic carbocycles. The third-order valence-electron chi connectivity index (χ3n) is 4.62. The number of hydrogen-bond acceptors (Lipinski definition) is 5. The molecule has 0 bridgehead atoms. The van der Waals surface area contributed by atoms with Crippen LogP contribution in [-0.2, 0) is 9.59 Å². The average molecular weight is 440 g/mol. The number of aliphatic hydroxyl groups is 1. The first-order valence-electron chi connectivity index (χ1n) is 8.67. The number of ether oxygens (including phenoxy) is 1. The normalized spacial score (nSPS) is 18.8. The highest BCUT2D eigenvalue weighted by Gasteiger charge is 2.47. The lowest BCUT2D eigenvalue weighted by atomic mass is 9.98. The monoisotopic (exact) mass is 439 g/mol. The molecule has 1 saturated heterocycles. The second-order valence-electron chi connectivity index (χ2n) is 6.43. The van der Waals surface area contributed by atoms with Gasteiger partial charge in [0.2, 0.25) is 0 Å². The number of benzene rings is 1. The zero-order chi connectivity index (χ0) is 20.6. The molecule has 1 aliphatic rings. The SMILES string of the molecule is CCCN1C(=O)C(=O)/C(=C(/O)c2cc(Cl)cc(Cl)c2OC)C1c1sccc1C. The number of nitrogens with zero attached hydrogens (tertiary/aromatic N) is 1. The Hall–Kier alpha value is -2.02. The van der Waals surface area contributed by atoms with Crippen molar-refractivity contribution < 1.29 is 19.4 Å². The number of methoxy groups -OCH3 is 1. The van der Waals surface area contributed by atoms with Crippen molar-refractivity contribution in [3.05, 3.63) is 55.2 Å². The van der Waals surface area contributed by atoms with Crippen LogP contribution in [0.1, 0.15) is 35.4 Å². The predicted molar refractivity (Wildman–Crippen MR) is 111 cm³/mol. The first-order valence-corrected chi connectivity index (χ1v) is 10.3. The van der Waals surface area contributed by atoms with Gasteiger partial charge in [0.15, 0.2) is 0 Å². The van der Waals surface area contributed by atoms with Crippen molar-refractivity contribution in [2.75, 3.05) is 13.7 Å². The van der Waals surface area contributed by atoms with Crippen LogP contribution in [0.25, 0.3) is 5.76 Å². The van der Waals surface area contributed by atoms with E-state index in [1.165, 1.54) is 35.5 Å². The van der Waals surface area contributed by atoms with E-state index in [-0.39, 0.29) is 32.7 Å². The van der Waals surface area contributed by atoms with Crippen LogP contribution in [0.4, 0.5) is 0 Å². The molecule has 28 heavy (non-hydrogen) atoms. The largest absolute Gasteiger partial charge is 0.507 e. The average Bonchev–Trinajstić information content (AvgIpc) is 3.17. The van der Waals surface area contributed by atoms with E-state index in [1.54, 1.807) is 0 Å². The minimum Gasteiger partial charge on any atom is -0.507 e. The van der Waals surface area contributed by atoms with E-state index in [4.69, 9.17) is 27.9 Å². The Bertz CT molecular complexity index is 983. The molecule has 0 aliphatic carbocycles. The van der Waals surface area contributed by atoms with Crippen molar-refractivity contribution in [2.45, 2.75) is 26.3 Å². The summed E-state index contributed by atoms with van der Waals surface area (Å²) in [6.07, 6.45) is 0.681. The highest BCUT2D eigenvalue weighted by atomic mass is 35.5. The van der Waals surface area contributed by atoms with E-state index in [9.17, 15) is 14.7 Å². The first kappa shape index (κ1) is 20.7. The van der Waals surface area contributed by atoms with Crippen molar-refractivity contribution in [3.8, 4) is 5.75 Å². The summed E-state index contributed by atoms with van der Waals surface area (Å²) < 4.78 is 5.31. The number of ketones is 1. The minimum absolute atomic E-state index is 0.0145. The molecular formula is C20H19Cl2NO4S. The summed E-state index contributed by atoms with van der Waals surface area (Å²) in [7, 11) is 1.41. The summed E-state index contributed by atoms with van der Waals surface area (Å²) in [5.41, 5.74) is 1.13. The fourth-order valence-corrected chi connectivity index (χ4v) is 4.99. The zero-order valence-electron chi connectivity index (χ0n) is 15.6. The highest BCUT2D eigenvalue weighted by molar-refractivity contribution is 7.10. The van der Waals surface area contributed by atoms with Gasteiger partial charge in [-0.2, -0.15) is 0 Å². The van der Waals surface area contributed by atoms with Gasteiger partial charge in [0.05, 0.1) is 29.3 Å². The van der Waals surface area contributed by atoms with Gasteiger partial charge in [-0.3, -0.25) is 9.59 Å². The van der Waals surface area contributed by atoms with Crippen LogP contribution >= 0.6 is 34.5 Å². The maximum atomic E-state index is 12.9. The van der Waals surface area contributed by atoms with Crippen molar-refractivity contribution in [1.82, 2.24) is 4.90 Å². The maximum absolute atomic E-state index is 12.9. The second kappa shape index (κ2) is 8.15. The van der Waals surface area contributed by atoms with Crippen molar-refractivity contribution in [3.63, 3.8) is 0 Å². The fourth-order valence-electron chi connectivity index (χ4n) is 3.38. The lowest BCUT2D eigenvalue weighted by Gasteiger charge is -2.24. The summed E-state index contributed by atoms with van der Waals surface area (Å²) in [4.78, 5) is 27.9. The molecule has 5 nitrogen and oxygen atoms in total. The van der Waals surface area contributed by atoms with Crippen LogP contribution in [0.15, 0.2) is 29.2 Å². The molecule has 1 amide bonds. The van der Waals surface area contributed by atoms with Crippen LogP contribution in [0, 0.1) is 6.92 Å². The number of aliphatic hydroxyl groups excluding tert-OH is 1. The molecule has 148 valence electrons. The maximum Gasteiger partial charge on any atom is 0.295 e. The van der Waals surface area contributed by atoms with Gasteiger partial charge in [0.1, 0.15) is 11.5 Å². The van der Waals surface area contributed by atoms with E-state index in [2.05, 4.69) is 0 Å². The molecule has 1 atom stereocenters. The number of amides is 1. The highest BCUT2D eigenvalue weighted by Crippen LogP contribution is 2.45. The van der Waals surface area contributed by atoms with E-state index >= 15 is 0 Å². The molecule has 2 aromatic rings. The molecule has 2 heterocycles. The number of Topliss-reactive ketones (excluding diaryl/α,β-unsaturated/α-hetero) is 1. The van der Waals surface area contributed by atoms with E-state index in [0.29, 0.717) is 13.0 Å².